The number of Topliss-reactive ketones (excluding diaryl/α,β-unsaturated/α-hetero) is 1. The molecule has 2 aromatic rings. The summed E-state index contributed by atoms with van der Waals surface area (Å²) in [5.41, 5.74) is 2.44. The zero-order chi connectivity index (χ0) is 13.8. The van der Waals surface area contributed by atoms with Crippen LogP contribution in [0.2, 0.25) is 0 Å². The average Bonchev–Trinajstić information content (AvgIpc) is 2.42. The van der Waals surface area contributed by atoms with Crippen LogP contribution < -0.4 is 0 Å². The van der Waals surface area contributed by atoms with E-state index in [9.17, 15) is 9.90 Å². The van der Waals surface area contributed by atoms with Gasteiger partial charge in [0, 0.05) is 22.4 Å². The van der Waals surface area contributed by atoms with Crippen molar-refractivity contribution in [3.63, 3.8) is 0 Å². The van der Waals surface area contributed by atoms with E-state index in [2.05, 4.69) is 0 Å². The Balaban J connectivity index is 2.28. The predicted molar refractivity (Wildman–Crippen MR) is 79.1 cm³/mol. The van der Waals surface area contributed by atoms with Gasteiger partial charge >= 0.3 is 0 Å². The van der Waals surface area contributed by atoms with Gasteiger partial charge in [-0.2, -0.15) is 0 Å². The lowest BCUT2D eigenvalue weighted by molar-refractivity contribution is 0.0989. The molecule has 0 amide bonds. The van der Waals surface area contributed by atoms with E-state index < -0.39 is 0 Å². The first-order chi connectivity index (χ1) is 9.11. The Kier molecular flexibility index (Phi) is 4.27. The molecular formula is C16H16O2S. The second-order valence-corrected chi connectivity index (χ2v) is 5.28. The molecular weight excluding hydrogens is 256 g/mol. The van der Waals surface area contributed by atoms with Gasteiger partial charge in [-0.3, -0.25) is 4.79 Å². The first-order valence-corrected chi connectivity index (χ1v) is 7.29. The normalized spacial score (nSPS) is 10.4. The summed E-state index contributed by atoms with van der Waals surface area (Å²) in [7, 11) is 0. The SMILES string of the molecule is CSc1ccccc1C(=O)Cc1cc(C)ccc1O. The molecule has 3 heteroatoms. The van der Waals surface area contributed by atoms with Crippen molar-refractivity contribution >= 4 is 17.5 Å². The van der Waals surface area contributed by atoms with E-state index in [1.807, 2.05) is 49.6 Å². The number of rotatable bonds is 4. The molecule has 0 aliphatic rings. The number of phenols is 1. The molecule has 0 spiro atoms. The highest BCUT2D eigenvalue weighted by atomic mass is 32.2. The lowest BCUT2D eigenvalue weighted by Crippen LogP contribution is -2.05. The first kappa shape index (κ1) is 13.7. The van der Waals surface area contributed by atoms with Crippen molar-refractivity contribution in [2.45, 2.75) is 18.2 Å². The number of hydrogen-bond donors (Lipinski definition) is 1. The van der Waals surface area contributed by atoms with Crippen LogP contribution in [0, 0.1) is 6.92 Å². The van der Waals surface area contributed by atoms with Crippen molar-refractivity contribution in [2.24, 2.45) is 0 Å². The number of aryl methyl sites for hydroxylation is 1. The molecule has 0 bridgehead atoms. The van der Waals surface area contributed by atoms with Gasteiger partial charge in [-0.15, -0.1) is 11.8 Å². The van der Waals surface area contributed by atoms with Gasteiger partial charge in [-0.1, -0.05) is 35.9 Å². The fraction of sp³-hybridized carbons (Fsp3) is 0.188. The number of carbonyl (C=O) groups excluding carboxylic acids is 1. The third-order valence-electron chi connectivity index (χ3n) is 2.99. The largest absolute Gasteiger partial charge is 0.508 e. The van der Waals surface area contributed by atoms with Gasteiger partial charge < -0.3 is 5.11 Å². The summed E-state index contributed by atoms with van der Waals surface area (Å²) in [5.74, 6) is 0.214. The van der Waals surface area contributed by atoms with Crippen LogP contribution in [0.15, 0.2) is 47.4 Å². The van der Waals surface area contributed by atoms with E-state index in [1.54, 1.807) is 17.8 Å². The Labute approximate surface area is 117 Å². The van der Waals surface area contributed by atoms with E-state index in [4.69, 9.17) is 0 Å². The second-order valence-electron chi connectivity index (χ2n) is 4.43. The molecule has 0 heterocycles. The summed E-state index contributed by atoms with van der Waals surface area (Å²) in [6.45, 7) is 1.95. The molecule has 0 aliphatic carbocycles. The Morgan fingerprint density at radius 2 is 1.95 bits per heavy atom. The van der Waals surface area contributed by atoms with E-state index in [0.717, 1.165) is 16.0 Å². The highest BCUT2D eigenvalue weighted by Gasteiger charge is 2.13. The summed E-state index contributed by atoms with van der Waals surface area (Å²) >= 11 is 1.56. The minimum absolute atomic E-state index is 0.0332. The van der Waals surface area contributed by atoms with Crippen molar-refractivity contribution in [3.05, 3.63) is 59.2 Å². The third kappa shape index (κ3) is 3.18. The standard InChI is InChI=1S/C16H16O2S/c1-11-7-8-14(17)12(9-11)10-15(18)13-5-3-4-6-16(13)19-2/h3-9,17H,10H2,1-2H3. The Bertz CT molecular complexity index is 605. The molecule has 1 N–H and O–H groups in total. The number of aromatic hydroxyl groups is 1. The van der Waals surface area contributed by atoms with Crippen LogP contribution in [0.25, 0.3) is 0 Å². The summed E-state index contributed by atoms with van der Waals surface area (Å²) in [6.07, 6.45) is 2.18. The number of ketones is 1. The number of hydrogen-bond acceptors (Lipinski definition) is 3. The molecule has 19 heavy (non-hydrogen) atoms. The van der Waals surface area contributed by atoms with E-state index >= 15 is 0 Å². The van der Waals surface area contributed by atoms with Crippen LogP contribution in [-0.4, -0.2) is 17.1 Å². The maximum atomic E-state index is 12.3. The van der Waals surface area contributed by atoms with Crippen LogP contribution in [0.5, 0.6) is 5.75 Å². The Morgan fingerprint density at radius 3 is 2.68 bits per heavy atom. The van der Waals surface area contributed by atoms with E-state index in [-0.39, 0.29) is 18.0 Å². The van der Waals surface area contributed by atoms with E-state index in [0.29, 0.717) is 5.56 Å². The van der Waals surface area contributed by atoms with Crippen molar-refractivity contribution in [1.82, 2.24) is 0 Å². The minimum atomic E-state index is 0.0332. The van der Waals surface area contributed by atoms with Crippen LogP contribution in [-0.2, 0) is 6.42 Å². The number of phenolic OH excluding ortho intramolecular Hbond substituents is 1. The molecule has 0 unspecified atom stereocenters. The van der Waals surface area contributed by atoms with Crippen LogP contribution in [0.3, 0.4) is 0 Å². The molecule has 2 aromatic carbocycles. The first-order valence-electron chi connectivity index (χ1n) is 6.06. The number of thioether (sulfide) groups is 1. The van der Waals surface area contributed by atoms with Crippen LogP contribution in [0.1, 0.15) is 21.5 Å². The van der Waals surface area contributed by atoms with Crippen LogP contribution in [0.4, 0.5) is 0 Å². The number of carbonyl (C=O) groups is 1. The summed E-state index contributed by atoms with van der Waals surface area (Å²) in [4.78, 5) is 13.3. The molecule has 2 nitrogen and oxygen atoms in total. The maximum Gasteiger partial charge on any atom is 0.168 e. The molecule has 0 radical (unpaired) electrons. The molecule has 98 valence electrons. The molecule has 0 saturated heterocycles. The maximum absolute atomic E-state index is 12.3. The monoisotopic (exact) mass is 272 g/mol. The van der Waals surface area contributed by atoms with Gasteiger partial charge in [0.1, 0.15) is 5.75 Å². The molecule has 2 rings (SSSR count). The highest BCUT2D eigenvalue weighted by molar-refractivity contribution is 7.98. The van der Waals surface area contributed by atoms with Gasteiger partial charge in [0.15, 0.2) is 5.78 Å². The van der Waals surface area contributed by atoms with E-state index in [1.165, 1.54) is 0 Å². The zero-order valence-corrected chi connectivity index (χ0v) is 11.8. The van der Waals surface area contributed by atoms with Crippen molar-refractivity contribution in [2.75, 3.05) is 6.26 Å². The van der Waals surface area contributed by atoms with Gasteiger partial charge in [0.05, 0.1) is 0 Å². The summed E-state index contributed by atoms with van der Waals surface area (Å²) in [6, 6.07) is 12.9. The Morgan fingerprint density at radius 1 is 1.21 bits per heavy atom. The lowest BCUT2D eigenvalue weighted by Gasteiger charge is -2.08. The van der Waals surface area contributed by atoms with Crippen LogP contribution >= 0.6 is 11.8 Å². The predicted octanol–water partition coefficient (Wildman–Crippen LogP) is 3.85. The van der Waals surface area contributed by atoms with Crippen molar-refractivity contribution in [3.8, 4) is 5.75 Å². The summed E-state index contributed by atoms with van der Waals surface area (Å²) < 4.78 is 0. The Hall–Kier alpha value is -1.74. The number of benzene rings is 2. The van der Waals surface area contributed by atoms with Gasteiger partial charge in [-0.05, 0) is 25.3 Å². The smallest absolute Gasteiger partial charge is 0.168 e. The molecule has 0 aliphatic heterocycles. The molecule has 0 saturated carbocycles. The summed E-state index contributed by atoms with van der Waals surface area (Å²) in [5, 5.41) is 9.80. The minimum Gasteiger partial charge on any atom is -0.508 e. The topological polar surface area (TPSA) is 37.3 Å². The van der Waals surface area contributed by atoms with Gasteiger partial charge in [0.25, 0.3) is 0 Å². The molecule has 0 aromatic heterocycles. The zero-order valence-electron chi connectivity index (χ0n) is 11.0. The van der Waals surface area contributed by atoms with Gasteiger partial charge in [0.2, 0.25) is 0 Å². The second kappa shape index (κ2) is 5.93. The molecule has 0 fully saturated rings. The highest BCUT2D eigenvalue weighted by Crippen LogP contribution is 2.24. The fourth-order valence-corrected chi connectivity index (χ4v) is 2.62. The van der Waals surface area contributed by atoms with Gasteiger partial charge in [-0.25, -0.2) is 0 Å². The molecule has 0 atom stereocenters. The van der Waals surface area contributed by atoms with Crippen molar-refractivity contribution < 1.29 is 9.90 Å². The lowest BCUT2D eigenvalue weighted by atomic mass is 10.0. The fourth-order valence-electron chi connectivity index (χ4n) is 2.00. The quantitative estimate of drug-likeness (QED) is 0.678. The average molecular weight is 272 g/mol. The van der Waals surface area contributed by atoms with Crippen molar-refractivity contribution in [1.29, 1.82) is 0 Å². The third-order valence-corrected chi connectivity index (χ3v) is 3.79.